The second kappa shape index (κ2) is 8.50. The number of hydrogen-bond acceptors (Lipinski definition) is 4. The molecule has 2 amide bonds. The minimum atomic E-state index is -4.07. The van der Waals surface area contributed by atoms with E-state index in [4.69, 9.17) is 0 Å². The molecule has 1 fully saturated rings. The molecule has 0 spiro atoms. The van der Waals surface area contributed by atoms with Gasteiger partial charge in [-0.1, -0.05) is 31.2 Å². The molecular weight excluding hydrogens is 431 g/mol. The van der Waals surface area contributed by atoms with Crippen LogP contribution in [0.25, 0.3) is 4.91 Å². The van der Waals surface area contributed by atoms with E-state index in [2.05, 4.69) is 6.92 Å². The van der Waals surface area contributed by atoms with Gasteiger partial charge >= 0.3 is 0 Å². The molecule has 0 saturated carbocycles. The van der Waals surface area contributed by atoms with Crippen molar-refractivity contribution in [2.24, 2.45) is 5.92 Å². The highest BCUT2D eigenvalue weighted by atomic mass is 32.2. The lowest BCUT2D eigenvalue weighted by molar-refractivity contribution is -0.122. The highest BCUT2D eigenvalue weighted by Crippen LogP contribution is 2.36. The number of rotatable bonds is 4. The smallest absolute Gasteiger partial charge is 0.268 e. The van der Waals surface area contributed by atoms with Crippen molar-refractivity contribution in [3.05, 3.63) is 76.6 Å². The molecule has 32 heavy (non-hydrogen) atoms. The van der Waals surface area contributed by atoms with Gasteiger partial charge < -0.3 is 4.90 Å². The maximum absolute atomic E-state index is 13.3. The monoisotopic (exact) mass is 456 g/mol. The maximum Gasteiger partial charge on any atom is 0.268 e. The van der Waals surface area contributed by atoms with Gasteiger partial charge in [-0.05, 0) is 61.1 Å². The number of hydrogen-bond donors (Lipinski definition) is 0. The first kappa shape index (κ1) is 22.2. The molecule has 2 aromatic carbocycles. The lowest BCUT2D eigenvalue weighted by atomic mass is 9.98. The first-order chi connectivity index (χ1) is 15.2. The zero-order valence-corrected chi connectivity index (χ0v) is 18.9. The maximum atomic E-state index is 13.3. The van der Waals surface area contributed by atoms with E-state index in [0.29, 0.717) is 17.0 Å². The van der Waals surface area contributed by atoms with Crippen molar-refractivity contribution in [3.8, 4) is 0 Å². The van der Waals surface area contributed by atoms with Gasteiger partial charge in [0.1, 0.15) is 10.7 Å². The number of nitrogens with zero attached hydrogens (tertiary/aromatic N) is 2. The van der Waals surface area contributed by atoms with Gasteiger partial charge in [0.15, 0.2) is 0 Å². The van der Waals surface area contributed by atoms with Crippen molar-refractivity contribution in [2.75, 3.05) is 13.1 Å². The van der Waals surface area contributed by atoms with Crippen LogP contribution in [0.4, 0.5) is 4.39 Å². The van der Waals surface area contributed by atoms with Crippen molar-refractivity contribution in [3.63, 3.8) is 0 Å². The fourth-order valence-electron chi connectivity index (χ4n) is 4.13. The molecule has 0 bridgehead atoms. The normalized spacial score (nSPS) is 19.0. The molecule has 4 rings (SSSR count). The third-order valence-electron chi connectivity index (χ3n) is 6.14. The minimum Gasteiger partial charge on any atom is -0.339 e. The van der Waals surface area contributed by atoms with Crippen LogP contribution in [0.3, 0.4) is 0 Å². The van der Waals surface area contributed by atoms with Gasteiger partial charge in [0.25, 0.3) is 21.8 Å². The molecule has 0 N–H and O–H groups in total. The van der Waals surface area contributed by atoms with Gasteiger partial charge in [-0.25, -0.2) is 17.1 Å². The second-order valence-corrected chi connectivity index (χ2v) is 10.2. The Balaban J connectivity index is 1.51. The molecule has 0 atom stereocenters. The second-order valence-electron chi connectivity index (χ2n) is 8.45. The van der Waals surface area contributed by atoms with Crippen LogP contribution in [0.2, 0.25) is 0 Å². The summed E-state index contributed by atoms with van der Waals surface area (Å²) in [4.78, 5) is 27.2. The Labute approximate surface area is 187 Å². The molecule has 6 nitrogen and oxygen atoms in total. The Kier molecular flexibility index (Phi) is 5.90. The Morgan fingerprint density at radius 2 is 1.62 bits per heavy atom. The number of piperidine rings is 1. The molecule has 0 aromatic heterocycles. The van der Waals surface area contributed by atoms with Crippen LogP contribution < -0.4 is 0 Å². The summed E-state index contributed by atoms with van der Waals surface area (Å²) in [7, 11) is -4.07. The molecule has 8 heteroatoms. The number of likely N-dealkylation sites (tertiary alicyclic amines) is 1. The van der Waals surface area contributed by atoms with Crippen molar-refractivity contribution in [1.29, 1.82) is 0 Å². The fraction of sp³-hybridized carbons (Fsp3) is 0.333. The summed E-state index contributed by atoms with van der Waals surface area (Å²) < 4.78 is 40.3. The summed E-state index contributed by atoms with van der Waals surface area (Å²) in [6.07, 6.45) is 1.98. The Morgan fingerprint density at radius 3 is 2.22 bits per heavy atom. The van der Waals surface area contributed by atoms with E-state index in [-0.39, 0.29) is 28.5 Å². The van der Waals surface area contributed by atoms with E-state index < -0.39 is 21.7 Å². The van der Waals surface area contributed by atoms with E-state index in [0.717, 1.165) is 42.4 Å². The van der Waals surface area contributed by atoms with Crippen molar-refractivity contribution in [2.45, 2.75) is 33.2 Å². The number of benzene rings is 2. The van der Waals surface area contributed by atoms with E-state index >= 15 is 0 Å². The van der Waals surface area contributed by atoms with E-state index in [9.17, 15) is 22.4 Å². The zero-order valence-electron chi connectivity index (χ0n) is 18.0. The van der Waals surface area contributed by atoms with E-state index in [1.807, 2.05) is 4.90 Å². The van der Waals surface area contributed by atoms with Gasteiger partial charge in [-0.2, -0.15) is 0 Å². The molecule has 168 valence electrons. The summed E-state index contributed by atoms with van der Waals surface area (Å²) in [5, 5.41) is 0. The van der Waals surface area contributed by atoms with Crippen LogP contribution in [-0.2, 0) is 21.4 Å². The average Bonchev–Trinajstić information content (AvgIpc) is 2.94. The first-order valence-electron chi connectivity index (χ1n) is 10.6. The van der Waals surface area contributed by atoms with Gasteiger partial charge in [0, 0.05) is 24.2 Å². The lowest BCUT2D eigenvalue weighted by Crippen LogP contribution is -2.37. The summed E-state index contributed by atoms with van der Waals surface area (Å²) in [6.45, 7) is 4.97. The van der Waals surface area contributed by atoms with Gasteiger partial charge in [0.05, 0.1) is 6.54 Å². The van der Waals surface area contributed by atoms with E-state index in [1.54, 1.807) is 24.3 Å². The largest absolute Gasteiger partial charge is 0.339 e. The van der Waals surface area contributed by atoms with Crippen LogP contribution in [0.5, 0.6) is 0 Å². The summed E-state index contributed by atoms with van der Waals surface area (Å²) in [6, 6.07) is 11.7. The number of halogens is 1. The first-order valence-corrected chi connectivity index (χ1v) is 12.0. The zero-order chi connectivity index (χ0) is 23.0. The third-order valence-corrected chi connectivity index (χ3v) is 8.07. The van der Waals surface area contributed by atoms with Crippen LogP contribution in [0.1, 0.15) is 48.2 Å². The van der Waals surface area contributed by atoms with Gasteiger partial charge in [-0.15, -0.1) is 0 Å². The number of carbonyl (C=O) groups excluding carboxylic acids is 2. The third kappa shape index (κ3) is 4.07. The highest BCUT2D eigenvalue weighted by Gasteiger charge is 2.42. The van der Waals surface area contributed by atoms with Crippen LogP contribution in [0.15, 0.2) is 54.1 Å². The lowest BCUT2D eigenvalue weighted by Gasteiger charge is -2.30. The topological polar surface area (TPSA) is 74.8 Å². The summed E-state index contributed by atoms with van der Waals surface area (Å²) in [5.41, 5.74) is 1.51. The van der Waals surface area contributed by atoms with Crippen molar-refractivity contribution in [1.82, 2.24) is 9.21 Å². The van der Waals surface area contributed by atoms with E-state index in [1.165, 1.54) is 19.1 Å². The predicted octanol–water partition coefficient (Wildman–Crippen LogP) is 3.80. The van der Waals surface area contributed by atoms with Crippen LogP contribution in [0, 0.1) is 11.7 Å². The molecule has 2 aliphatic heterocycles. The van der Waals surface area contributed by atoms with Gasteiger partial charge in [0.2, 0.25) is 0 Å². The highest BCUT2D eigenvalue weighted by molar-refractivity contribution is 7.99. The SMILES string of the molecule is CC1=C(c2ccc(F)cc2)S(=O)(=O)N(Cc2ccc(C(=O)N3CCC(C)CC3)cc2)C1=O. The summed E-state index contributed by atoms with van der Waals surface area (Å²) >= 11 is 0. The predicted molar refractivity (Wildman–Crippen MR) is 119 cm³/mol. The molecular formula is C24H25FN2O4S. The Morgan fingerprint density at radius 1 is 1.03 bits per heavy atom. The van der Waals surface area contributed by atoms with Crippen LogP contribution >= 0.6 is 0 Å². The average molecular weight is 457 g/mol. The number of sulfonamides is 1. The molecule has 0 unspecified atom stereocenters. The molecule has 0 aliphatic carbocycles. The van der Waals surface area contributed by atoms with Crippen LogP contribution in [-0.4, -0.2) is 42.5 Å². The van der Waals surface area contributed by atoms with Gasteiger partial charge in [-0.3, -0.25) is 9.59 Å². The van der Waals surface area contributed by atoms with Crippen molar-refractivity contribution < 1.29 is 22.4 Å². The Hall–Kier alpha value is -3.00. The minimum absolute atomic E-state index is 0.0376. The summed E-state index contributed by atoms with van der Waals surface area (Å²) in [5.74, 6) is -0.506. The molecule has 1 saturated heterocycles. The quantitative estimate of drug-likeness (QED) is 0.701. The number of carbonyl (C=O) groups is 2. The fourth-order valence-corrected chi connectivity index (χ4v) is 5.94. The molecule has 2 heterocycles. The number of amides is 2. The van der Waals surface area contributed by atoms with Crippen molar-refractivity contribution >= 4 is 26.7 Å². The molecule has 2 aromatic rings. The Bertz CT molecular complexity index is 1180. The molecule has 0 radical (unpaired) electrons. The molecule has 2 aliphatic rings. The standard InChI is InChI=1S/C24H25FN2O4S/c1-16-11-13-26(14-12-16)24(29)20-5-3-18(4-6-20)15-27-23(28)17(2)22(32(27,30)31)19-7-9-21(25)10-8-19/h3-10,16H,11-15H2,1-2H3.